The Balaban J connectivity index is 1.90. The Hall–Kier alpha value is -1.89. The molecule has 0 aliphatic carbocycles. The normalized spacial score (nSPS) is 10.8. The predicted octanol–water partition coefficient (Wildman–Crippen LogP) is 3.75. The van der Waals surface area contributed by atoms with E-state index in [2.05, 4.69) is 33.1 Å². The third-order valence-electron chi connectivity index (χ3n) is 3.25. The van der Waals surface area contributed by atoms with Crippen molar-refractivity contribution in [3.63, 3.8) is 0 Å². The Kier molecular flexibility index (Phi) is 6.15. The van der Waals surface area contributed by atoms with Gasteiger partial charge in [0, 0.05) is 9.13 Å². The van der Waals surface area contributed by atoms with E-state index >= 15 is 0 Å². The van der Waals surface area contributed by atoms with Gasteiger partial charge in [0.1, 0.15) is 5.75 Å². The lowest BCUT2D eigenvalue weighted by Gasteiger charge is -2.12. The van der Waals surface area contributed by atoms with Gasteiger partial charge in [-0.1, -0.05) is 35.9 Å². The number of amides is 1. The largest absolute Gasteiger partial charge is 0.483 e. The highest BCUT2D eigenvalue weighted by atomic mass is 127. The average molecular weight is 422 g/mol. The Morgan fingerprint density at radius 2 is 1.87 bits per heavy atom. The summed E-state index contributed by atoms with van der Waals surface area (Å²) in [5, 5.41) is 3.96. The molecule has 2 aromatic carbocycles. The first-order chi connectivity index (χ1) is 11.0. The number of carbonyl (C=O) groups is 1. The topological polar surface area (TPSA) is 50.7 Å². The highest BCUT2D eigenvalue weighted by Crippen LogP contribution is 2.24. The molecular weight excluding hydrogens is 403 g/mol. The molecule has 0 fully saturated rings. The summed E-state index contributed by atoms with van der Waals surface area (Å²) in [6.45, 7) is 5.93. The standard InChI is InChI=1S/C18H19IN2O2/c1-12-8-13(2)18(14(3)9-12)23-11-17(22)21-20-10-15-6-4-5-7-16(15)19/h4-10H,11H2,1-3H3,(H,21,22)/b20-10+. The van der Waals surface area contributed by atoms with Gasteiger partial charge in [-0.2, -0.15) is 5.10 Å². The van der Waals surface area contributed by atoms with Crippen molar-refractivity contribution in [1.29, 1.82) is 0 Å². The minimum atomic E-state index is -0.286. The van der Waals surface area contributed by atoms with Crippen LogP contribution < -0.4 is 10.2 Å². The zero-order chi connectivity index (χ0) is 16.8. The fourth-order valence-electron chi connectivity index (χ4n) is 2.32. The van der Waals surface area contributed by atoms with Crippen LogP contribution >= 0.6 is 22.6 Å². The lowest BCUT2D eigenvalue weighted by Crippen LogP contribution is -2.25. The first-order valence-electron chi connectivity index (χ1n) is 7.24. The molecule has 0 aliphatic rings. The second-order valence-electron chi connectivity index (χ2n) is 5.33. The quantitative estimate of drug-likeness (QED) is 0.454. The summed E-state index contributed by atoms with van der Waals surface area (Å²) in [5.74, 6) is 0.471. The molecule has 0 aliphatic heterocycles. The third-order valence-corrected chi connectivity index (χ3v) is 4.23. The van der Waals surface area contributed by atoms with E-state index in [-0.39, 0.29) is 12.5 Å². The molecule has 2 aromatic rings. The van der Waals surface area contributed by atoms with Crippen molar-refractivity contribution >= 4 is 34.7 Å². The Morgan fingerprint density at radius 1 is 1.22 bits per heavy atom. The number of nitrogens with zero attached hydrogens (tertiary/aromatic N) is 1. The van der Waals surface area contributed by atoms with E-state index in [0.29, 0.717) is 0 Å². The lowest BCUT2D eigenvalue weighted by molar-refractivity contribution is -0.123. The van der Waals surface area contributed by atoms with Gasteiger partial charge in [-0.3, -0.25) is 4.79 Å². The average Bonchev–Trinajstić information content (AvgIpc) is 2.48. The third kappa shape index (κ3) is 5.06. The molecular formula is C18H19IN2O2. The smallest absolute Gasteiger partial charge is 0.277 e. The van der Waals surface area contributed by atoms with E-state index in [9.17, 15) is 4.79 Å². The molecule has 0 unspecified atom stereocenters. The van der Waals surface area contributed by atoms with Crippen molar-refractivity contribution in [2.24, 2.45) is 5.10 Å². The molecule has 0 bridgehead atoms. The summed E-state index contributed by atoms with van der Waals surface area (Å²) in [6.07, 6.45) is 1.63. The highest BCUT2D eigenvalue weighted by Gasteiger charge is 2.07. The van der Waals surface area contributed by atoms with Crippen LogP contribution in [-0.4, -0.2) is 18.7 Å². The molecule has 0 radical (unpaired) electrons. The van der Waals surface area contributed by atoms with Crippen LogP contribution in [0.5, 0.6) is 5.75 Å². The van der Waals surface area contributed by atoms with Crippen LogP contribution in [0.25, 0.3) is 0 Å². The number of halogens is 1. The SMILES string of the molecule is Cc1cc(C)c(OCC(=O)N/N=C/c2ccccc2I)c(C)c1. The molecule has 0 atom stereocenters. The van der Waals surface area contributed by atoms with Gasteiger partial charge in [0.05, 0.1) is 6.21 Å². The monoisotopic (exact) mass is 422 g/mol. The first kappa shape index (κ1) is 17.5. The molecule has 0 heterocycles. The van der Waals surface area contributed by atoms with E-state index in [1.807, 2.05) is 57.2 Å². The zero-order valence-corrected chi connectivity index (χ0v) is 15.5. The van der Waals surface area contributed by atoms with Crippen molar-refractivity contribution < 1.29 is 9.53 Å². The maximum atomic E-state index is 11.8. The van der Waals surface area contributed by atoms with E-state index < -0.39 is 0 Å². The van der Waals surface area contributed by atoms with Crippen molar-refractivity contribution in [2.75, 3.05) is 6.61 Å². The van der Waals surface area contributed by atoms with Crippen LogP contribution in [0.3, 0.4) is 0 Å². The summed E-state index contributed by atoms with van der Waals surface area (Å²) >= 11 is 2.22. The summed E-state index contributed by atoms with van der Waals surface area (Å²) in [4.78, 5) is 11.8. The van der Waals surface area contributed by atoms with Gasteiger partial charge < -0.3 is 4.74 Å². The van der Waals surface area contributed by atoms with Gasteiger partial charge in [-0.05, 0) is 60.6 Å². The van der Waals surface area contributed by atoms with Crippen LogP contribution in [0, 0.1) is 24.3 Å². The number of aryl methyl sites for hydroxylation is 3. The number of benzene rings is 2. The van der Waals surface area contributed by atoms with Crippen LogP contribution in [0.1, 0.15) is 22.3 Å². The maximum Gasteiger partial charge on any atom is 0.277 e. The van der Waals surface area contributed by atoms with Gasteiger partial charge >= 0.3 is 0 Å². The van der Waals surface area contributed by atoms with Crippen LogP contribution in [0.15, 0.2) is 41.5 Å². The minimum Gasteiger partial charge on any atom is -0.483 e. The van der Waals surface area contributed by atoms with Crippen molar-refractivity contribution in [2.45, 2.75) is 20.8 Å². The second-order valence-corrected chi connectivity index (χ2v) is 6.49. The van der Waals surface area contributed by atoms with Gasteiger partial charge in [-0.15, -0.1) is 0 Å². The fourth-order valence-corrected chi connectivity index (χ4v) is 2.84. The number of ether oxygens (including phenoxy) is 1. The van der Waals surface area contributed by atoms with E-state index in [1.54, 1.807) is 6.21 Å². The number of hydrogen-bond donors (Lipinski definition) is 1. The molecule has 0 saturated heterocycles. The molecule has 1 N–H and O–H groups in total. The maximum absolute atomic E-state index is 11.8. The molecule has 2 rings (SSSR count). The summed E-state index contributed by atoms with van der Waals surface area (Å²) in [6, 6.07) is 11.9. The number of rotatable bonds is 5. The summed E-state index contributed by atoms with van der Waals surface area (Å²) in [7, 11) is 0. The summed E-state index contributed by atoms with van der Waals surface area (Å²) in [5.41, 5.74) is 6.67. The molecule has 0 spiro atoms. The Bertz CT molecular complexity index is 719. The Morgan fingerprint density at radius 3 is 2.52 bits per heavy atom. The fraction of sp³-hybridized carbons (Fsp3) is 0.222. The molecule has 23 heavy (non-hydrogen) atoms. The first-order valence-corrected chi connectivity index (χ1v) is 8.32. The number of hydrogen-bond acceptors (Lipinski definition) is 3. The van der Waals surface area contributed by atoms with Gasteiger partial charge in [-0.25, -0.2) is 5.43 Å². The number of carbonyl (C=O) groups excluding carboxylic acids is 1. The van der Waals surface area contributed by atoms with Crippen LogP contribution in [0.4, 0.5) is 0 Å². The number of hydrazone groups is 1. The predicted molar refractivity (Wildman–Crippen MR) is 101 cm³/mol. The molecule has 120 valence electrons. The van der Waals surface area contributed by atoms with Gasteiger partial charge in [0.15, 0.2) is 6.61 Å². The van der Waals surface area contributed by atoms with E-state index in [0.717, 1.165) is 26.0 Å². The van der Waals surface area contributed by atoms with Crippen molar-refractivity contribution in [3.8, 4) is 5.75 Å². The second kappa shape index (κ2) is 8.10. The molecule has 1 amide bonds. The van der Waals surface area contributed by atoms with E-state index in [4.69, 9.17) is 4.74 Å². The van der Waals surface area contributed by atoms with Gasteiger partial charge in [0.25, 0.3) is 5.91 Å². The number of nitrogens with one attached hydrogen (secondary N) is 1. The summed E-state index contributed by atoms with van der Waals surface area (Å²) < 4.78 is 6.70. The molecule has 4 nitrogen and oxygen atoms in total. The van der Waals surface area contributed by atoms with Gasteiger partial charge in [0.2, 0.25) is 0 Å². The van der Waals surface area contributed by atoms with Crippen LogP contribution in [-0.2, 0) is 4.79 Å². The van der Waals surface area contributed by atoms with Crippen molar-refractivity contribution in [1.82, 2.24) is 5.43 Å². The zero-order valence-electron chi connectivity index (χ0n) is 13.4. The minimum absolute atomic E-state index is 0.0615. The van der Waals surface area contributed by atoms with Crippen molar-refractivity contribution in [3.05, 3.63) is 62.2 Å². The molecule has 5 heteroatoms. The van der Waals surface area contributed by atoms with Crippen LogP contribution in [0.2, 0.25) is 0 Å². The Labute approximate surface area is 150 Å². The van der Waals surface area contributed by atoms with E-state index in [1.165, 1.54) is 5.56 Å². The lowest BCUT2D eigenvalue weighted by atomic mass is 10.1. The highest BCUT2D eigenvalue weighted by molar-refractivity contribution is 14.1. The molecule has 0 aromatic heterocycles. The molecule has 0 saturated carbocycles.